The summed E-state index contributed by atoms with van der Waals surface area (Å²) in [6.45, 7) is 4.40. The van der Waals surface area contributed by atoms with Crippen molar-refractivity contribution in [2.75, 3.05) is 39.5 Å². The van der Waals surface area contributed by atoms with E-state index in [2.05, 4.69) is 4.90 Å². The Hall–Kier alpha value is -2.08. The molecule has 5 nitrogen and oxygen atoms in total. The Morgan fingerprint density at radius 2 is 1.58 bits per heavy atom. The van der Waals surface area contributed by atoms with Crippen molar-refractivity contribution in [3.63, 3.8) is 0 Å². The minimum Gasteiger partial charge on any atom is -0.464 e. The van der Waals surface area contributed by atoms with Crippen LogP contribution >= 0.6 is 12.4 Å². The molecule has 2 aliphatic rings. The van der Waals surface area contributed by atoms with Crippen molar-refractivity contribution in [3.8, 4) is 11.5 Å². The molecule has 0 bridgehead atoms. The number of para-hydroxylation sites is 2. The molecule has 0 saturated carbocycles. The van der Waals surface area contributed by atoms with Crippen LogP contribution in [0.1, 0.15) is 17.0 Å². The average molecular weight is 376 g/mol. The number of morpholine rings is 1. The highest BCUT2D eigenvalue weighted by atomic mass is 35.5. The number of carbonyl (C=O) groups excluding carboxylic acids is 1. The smallest absolute Gasteiger partial charge is 0.318 e. The molecule has 2 aromatic carbocycles. The number of halogens is 1. The van der Waals surface area contributed by atoms with Gasteiger partial charge >= 0.3 is 5.97 Å². The molecule has 0 aromatic heterocycles. The molecule has 0 amide bonds. The molecule has 0 spiro atoms. The molecular formula is C20H22ClNO4. The molecule has 0 aliphatic carbocycles. The van der Waals surface area contributed by atoms with Gasteiger partial charge in [0.25, 0.3) is 0 Å². The third kappa shape index (κ3) is 3.85. The maximum absolute atomic E-state index is 12.8. The van der Waals surface area contributed by atoms with Gasteiger partial charge in [0.1, 0.15) is 24.0 Å². The van der Waals surface area contributed by atoms with E-state index in [4.69, 9.17) is 14.2 Å². The second-order valence-corrected chi connectivity index (χ2v) is 6.23. The van der Waals surface area contributed by atoms with Crippen LogP contribution in [0.15, 0.2) is 48.5 Å². The van der Waals surface area contributed by atoms with Crippen LogP contribution in [0.3, 0.4) is 0 Å². The number of fused-ring (bicyclic) bond motifs is 2. The molecule has 2 aromatic rings. The zero-order chi connectivity index (χ0) is 17.1. The molecule has 0 atom stereocenters. The van der Waals surface area contributed by atoms with E-state index in [1.54, 1.807) is 0 Å². The topological polar surface area (TPSA) is 48.0 Å². The third-order valence-electron chi connectivity index (χ3n) is 4.67. The van der Waals surface area contributed by atoms with E-state index in [1.807, 2.05) is 48.5 Å². The van der Waals surface area contributed by atoms with E-state index in [-0.39, 0.29) is 18.4 Å². The fraction of sp³-hybridized carbons (Fsp3) is 0.350. The van der Waals surface area contributed by atoms with Crippen molar-refractivity contribution in [2.24, 2.45) is 0 Å². The highest BCUT2D eigenvalue weighted by Gasteiger charge is 2.33. The number of rotatable bonds is 4. The van der Waals surface area contributed by atoms with Crippen LogP contribution in [0.25, 0.3) is 0 Å². The molecule has 4 rings (SSSR count). The predicted octanol–water partition coefficient (Wildman–Crippen LogP) is 3.22. The van der Waals surface area contributed by atoms with E-state index in [1.165, 1.54) is 0 Å². The first kappa shape index (κ1) is 18.7. The van der Waals surface area contributed by atoms with Crippen molar-refractivity contribution in [2.45, 2.75) is 5.92 Å². The summed E-state index contributed by atoms with van der Waals surface area (Å²) >= 11 is 0. The molecule has 2 aliphatic heterocycles. The number of ether oxygens (including phenoxy) is 3. The average Bonchev–Trinajstić information content (AvgIpc) is 2.66. The van der Waals surface area contributed by atoms with Gasteiger partial charge in [0.2, 0.25) is 0 Å². The Morgan fingerprint density at radius 1 is 1.00 bits per heavy atom. The summed E-state index contributed by atoms with van der Waals surface area (Å²) in [6.07, 6.45) is 0. The lowest BCUT2D eigenvalue weighted by atomic mass is 9.88. The molecule has 1 saturated heterocycles. The molecule has 6 heteroatoms. The molecule has 138 valence electrons. The van der Waals surface area contributed by atoms with Crippen LogP contribution in [-0.4, -0.2) is 50.3 Å². The summed E-state index contributed by atoms with van der Waals surface area (Å²) in [6, 6.07) is 15.3. The summed E-state index contributed by atoms with van der Waals surface area (Å²) in [5.41, 5.74) is 1.72. The fourth-order valence-electron chi connectivity index (χ4n) is 3.35. The van der Waals surface area contributed by atoms with Gasteiger partial charge in [-0.15, -0.1) is 12.4 Å². The van der Waals surface area contributed by atoms with Crippen LogP contribution in [0.2, 0.25) is 0 Å². The normalized spacial score (nSPS) is 16.6. The van der Waals surface area contributed by atoms with Crippen LogP contribution in [0.4, 0.5) is 0 Å². The maximum Gasteiger partial charge on any atom is 0.318 e. The first-order chi connectivity index (χ1) is 12.3. The quantitative estimate of drug-likeness (QED) is 0.768. The minimum atomic E-state index is -0.439. The van der Waals surface area contributed by atoms with Gasteiger partial charge in [0.15, 0.2) is 0 Å². The summed E-state index contributed by atoms with van der Waals surface area (Å²) in [4.78, 5) is 15.1. The van der Waals surface area contributed by atoms with Crippen molar-refractivity contribution >= 4 is 18.4 Å². The Balaban J connectivity index is 0.00000196. The number of carbonyl (C=O) groups is 1. The summed E-state index contributed by atoms with van der Waals surface area (Å²) in [5.74, 6) is 0.773. The minimum absolute atomic E-state index is 0. The lowest BCUT2D eigenvalue weighted by Gasteiger charge is -2.28. The highest BCUT2D eigenvalue weighted by Crippen LogP contribution is 2.44. The number of nitrogens with zero attached hydrogens (tertiary/aromatic N) is 1. The van der Waals surface area contributed by atoms with Gasteiger partial charge in [0, 0.05) is 30.8 Å². The van der Waals surface area contributed by atoms with Crippen molar-refractivity contribution in [3.05, 3.63) is 59.7 Å². The van der Waals surface area contributed by atoms with Crippen LogP contribution in [0, 0.1) is 0 Å². The van der Waals surface area contributed by atoms with Gasteiger partial charge < -0.3 is 14.2 Å². The number of benzene rings is 2. The zero-order valence-electron chi connectivity index (χ0n) is 14.4. The van der Waals surface area contributed by atoms with Crippen molar-refractivity contribution < 1.29 is 19.0 Å². The standard InChI is InChI=1S/C20H21NO4.ClH/c22-20(24-14-11-21-9-12-23-13-10-21)19-15-5-1-3-7-17(15)25-18-8-4-2-6-16(18)19;/h1-8,19H,9-14H2;1H. The number of hydrogen-bond donors (Lipinski definition) is 0. The van der Waals surface area contributed by atoms with E-state index < -0.39 is 5.92 Å². The molecule has 2 heterocycles. The van der Waals surface area contributed by atoms with Crippen LogP contribution < -0.4 is 4.74 Å². The molecular weight excluding hydrogens is 354 g/mol. The van der Waals surface area contributed by atoms with Gasteiger partial charge in [0.05, 0.1) is 13.2 Å². The van der Waals surface area contributed by atoms with E-state index >= 15 is 0 Å². The molecule has 1 fully saturated rings. The fourth-order valence-corrected chi connectivity index (χ4v) is 3.35. The SMILES string of the molecule is Cl.O=C(OCCN1CCOCC1)C1c2ccccc2Oc2ccccc21. The Kier molecular flexibility index (Phi) is 6.14. The predicted molar refractivity (Wildman–Crippen MR) is 100 cm³/mol. The van der Waals surface area contributed by atoms with Crippen molar-refractivity contribution in [1.29, 1.82) is 0 Å². The lowest BCUT2D eigenvalue weighted by Crippen LogP contribution is -2.38. The second kappa shape index (κ2) is 8.54. The molecule has 0 N–H and O–H groups in total. The first-order valence-corrected chi connectivity index (χ1v) is 8.65. The maximum atomic E-state index is 12.8. The van der Waals surface area contributed by atoms with Gasteiger partial charge in [-0.2, -0.15) is 0 Å². The van der Waals surface area contributed by atoms with E-state index in [0.29, 0.717) is 6.61 Å². The van der Waals surface area contributed by atoms with Gasteiger partial charge in [-0.1, -0.05) is 36.4 Å². The van der Waals surface area contributed by atoms with Crippen LogP contribution in [0.5, 0.6) is 11.5 Å². The Bertz CT molecular complexity index is 715. The summed E-state index contributed by atoms with van der Waals surface area (Å²) < 4.78 is 16.9. The molecule has 0 radical (unpaired) electrons. The van der Waals surface area contributed by atoms with E-state index in [9.17, 15) is 4.79 Å². The van der Waals surface area contributed by atoms with Gasteiger partial charge in [-0.25, -0.2) is 0 Å². The third-order valence-corrected chi connectivity index (χ3v) is 4.67. The summed E-state index contributed by atoms with van der Waals surface area (Å²) in [7, 11) is 0. The second-order valence-electron chi connectivity index (χ2n) is 6.23. The molecule has 0 unspecified atom stereocenters. The van der Waals surface area contributed by atoms with Crippen molar-refractivity contribution in [1.82, 2.24) is 4.90 Å². The van der Waals surface area contributed by atoms with Gasteiger partial charge in [-0.05, 0) is 12.1 Å². The highest BCUT2D eigenvalue weighted by molar-refractivity contribution is 5.85. The lowest BCUT2D eigenvalue weighted by molar-refractivity contribution is -0.145. The number of hydrogen-bond acceptors (Lipinski definition) is 5. The molecule has 26 heavy (non-hydrogen) atoms. The zero-order valence-corrected chi connectivity index (χ0v) is 15.2. The Labute approximate surface area is 159 Å². The first-order valence-electron chi connectivity index (χ1n) is 8.65. The van der Waals surface area contributed by atoms with Gasteiger partial charge in [-0.3, -0.25) is 9.69 Å². The number of esters is 1. The Morgan fingerprint density at radius 3 is 2.19 bits per heavy atom. The summed E-state index contributed by atoms with van der Waals surface area (Å²) in [5, 5.41) is 0. The monoisotopic (exact) mass is 375 g/mol. The largest absolute Gasteiger partial charge is 0.464 e. The van der Waals surface area contributed by atoms with E-state index in [0.717, 1.165) is 55.5 Å². The van der Waals surface area contributed by atoms with Crippen LogP contribution in [-0.2, 0) is 14.3 Å².